The van der Waals surface area contributed by atoms with Crippen molar-refractivity contribution in [2.75, 3.05) is 0 Å². The number of tetrazole rings is 1. The largest absolute Gasteiger partial charge is 0.177 e. The predicted molar refractivity (Wildman–Crippen MR) is 67.5 cm³/mol. The minimum Gasteiger partial charge on any atom is -0.160 e. The van der Waals surface area contributed by atoms with Gasteiger partial charge in [0.25, 0.3) is 0 Å². The fourth-order valence-corrected chi connectivity index (χ4v) is 1.48. The first-order chi connectivity index (χ1) is 8.19. The quantitative estimate of drug-likeness (QED) is 0.807. The molecule has 0 amide bonds. The molecule has 4 heteroatoms. The van der Waals surface area contributed by atoms with Crippen LogP contribution in [0.2, 0.25) is 0 Å². The third kappa shape index (κ3) is 2.78. The van der Waals surface area contributed by atoms with E-state index in [-0.39, 0.29) is 0 Å². The minimum atomic E-state index is 0.312. The summed E-state index contributed by atoms with van der Waals surface area (Å²) in [6.45, 7) is 8.49. The average Bonchev–Trinajstić information content (AvgIpc) is 2.79. The predicted octanol–water partition coefficient (Wildman–Crippen LogP) is 2.49. The maximum absolute atomic E-state index is 4.32. The molecule has 0 aliphatic carbocycles. The average molecular weight is 228 g/mol. The number of aromatic nitrogens is 4. The lowest BCUT2D eigenvalue weighted by atomic mass is 10.1. The smallest absolute Gasteiger partial charge is 0.160 e. The zero-order chi connectivity index (χ0) is 12.3. The Labute approximate surface area is 101 Å². The summed E-state index contributed by atoms with van der Waals surface area (Å²) in [5, 5.41) is 12.4. The van der Waals surface area contributed by atoms with E-state index in [1.807, 2.05) is 18.2 Å². The highest BCUT2D eigenvalue weighted by Crippen LogP contribution is 2.08. The second kappa shape index (κ2) is 4.91. The maximum atomic E-state index is 4.32. The van der Waals surface area contributed by atoms with Gasteiger partial charge in [-0.25, -0.2) is 0 Å². The van der Waals surface area contributed by atoms with Crippen molar-refractivity contribution in [2.24, 2.45) is 0 Å². The Kier molecular flexibility index (Phi) is 3.32. The normalized spacial score (nSPS) is 10.8. The van der Waals surface area contributed by atoms with Gasteiger partial charge in [-0.1, -0.05) is 50.8 Å². The lowest BCUT2D eigenvalue weighted by Gasteiger charge is -2.00. The first-order valence-electron chi connectivity index (χ1n) is 5.68. The van der Waals surface area contributed by atoms with Gasteiger partial charge in [0.1, 0.15) is 0 Å². The summed E-state index contributed by atoms with van der Waals surface area (Å²) < 4.78 is 0. The Bertz CT molecular complexity index is 496. The van der Waals surface area contributed by atoms with Gasteiger partial charge in [0.2, 0.25) is 0 Å². The highest BCUT2D eigenvalue weighted by atomic mass is 15.6. The number of benzene rings is 1. The lowest BCUT2D eigenvalue weighted by molar-refractivity contribution is 0.568. The molecule has 0 fully saturated rings. The minimum absolute atomic E-state index is 0.312. The molecule has 1 aromatic carbocycles. The van der Waals surface area contributed by atoms with Crippen LogP contribution in [0.5, 0.6) is 0 Å². The van der Waals surface area contributed by atoms with Crippen LogP contribution >= 0.6 is 0 Å². The molecule has 4 nitrogen and oxygen atoms in total. The van der Waals surface area contributed by atoms with E-state index >= 15 is 0 Å². The highest BCUT2D eigenvalue weighted by molar-refractivity contribution is 5.47. The zero-order valence-electron chi connectivity index (χ0n) is 10.2. The lowest BCUT2D eigenvalue weighted by Crippen LogP contribution is -2.04. The summed E-state index contributed by atoms with van der Waals surface area (Å²) in [6.07, 6.45) is 1.83. The molecule has 0 bridgehead atoms. The Morgan fingerprint density at radius 2 is 2.00 bits per heavy atom. The molecule has 0 unspecified atom stereocenters. The van der Waals surface area contributed by atoms with Crippen LogP contribution < -0.4 is 0 Å². The van der Waals surface area contributed by atoms with E-state index in [2.05, 4.69) is 48.0 Å². The first kappa shape index (κ1) is 11.5. The van der Waals surface area contributed by atoms with Crippen LogP contribution in [0.4, 0.5) is 0 Å². The number of hydrogen-bond donors (Lipinski definition) is 0. The van der Waals surface area contributed by atoms with Crippen molar-refractivity contribution in [3.8, 4) is 0 Å². The van der Waals surface area contributed by atoms with E-state index in [0.29, 0.717) is 12.5 Å². The van der Waals surface area contributed by atoms with E-state index in [1.165, 1.54) is 0 Å². The molecule has 2 rings (SSSR count). The van der Waals surface area contributed by atoms with Gasteiger partial charge in [0.05, 0.1) is 6.54 Å². The molecule has 0 atom stereocenters. The van der Waals surface area contributed by atoms with Crippen molar-refractivity contribution in [3.63, 3.8) is 0 Å². The Hall–Kier alpha value is -1.97. The summed E-state index contributed by atoms with van der Waals surface area (Å²) in [5.74, 6) is 1.10. The van der Waals surface area contributed by atoms with Crippen LogP contribution in [-0.2, 0) is 6.54 Å². The summed E-state index contributed by atoms with van der Waals surface area (Å²) in [6, 6.07) is 8.16. The molecule has 0 aliphatic rings. The van der Waals surface area contributed by atoms with Crippen LogP contribution in [0.3, 0.4) is 0 Å². The van der Waals surface area contributed by atoms with Gasteiger partial charge >= 0.3 is 0 Å². The zero-order valence-corrected chi connectivity index (χ0v) is 10.2. The second-order valence-corrected chi connectivity index (χ2v) is 4.28. The van der Waals surface area contributed by atoms with E-state index in [0.717, 1.165) is 17.0 Å². The van der Waals surface area contributed by atoms with Crippen molar-refractivity contribution in [1.29, 1.82) is 0 Å². The molecule has 17 heavy (non-hydrogen) atoms. The Morgan fingerprint density at radius 3 is 2.53 bits per heavy atom. The highest BCUT2D eigenvalue weighted by Gasteiger charge is 2.06. The first-order valence-corrected chi connectivity index (χ1v) is 5.68. The molecule has 0 spiro atoms. The molecule has 0 radical (unpaired) electrons. The van der Waals surface area contributed by atoms with Crippen LogP contribution in [0.15, 0.2) is 30.8 Å². The SMILES string of the molecule is C=Cc1ccc(Cn2nnc(C(C)C)n2)cc1. The van der Waals surface area contributed by atoms with Crippen molar-refractivity contribution in [2.45, 2.75) is 26.3 Å². The Morgan fingerprint density at radius 1 is 1.29 bits per heavy atom. The van der Waals surface area contributed by atoms with Gasteiger partial charge < -0.3 is 0 Å². The van der Waals surface area contributed by atoms with E-state index in [4.69, 9.17) is 0 Å². The van der Waals surface area contributed by atoms with Crippen LogP contribution in [0.1, 0.15) is 36.7 Å². The van der Waals surface area contributed by atoms with Gasteiger partial charge in [-0.2, -0.15) is 4.80 Å². The topological polar surface area (TPSA) is 43.6 Å². The molecule has 0 saturated heterocycles. The second-order valence-electron chi connectivity index (χ2n) is 4.28. The summed E-state index contributed by atoms with van der Waals surface area (Å²) in [4.78, 5) is 1.62. The van der Waals surface area contributed by atoms with Crippen LogP contribution in [0, 0.1) is 0 Å². The van der Waals surface area contributed by atoms with Gasteiger partial charge in [-0.15, -0.1) is 10.2 Å². The van der Waals surface area contributed by atoms with Gasteiger partial charge in [0.15, 0.2) is 5.82 Å². The third-order valence-corrected chi connectivity index (χ3v) is 2.52. The van der Waals surface area contributed by atoms with Gasteiger partial charge in [-0.3, -0.25) is 0 Å². The van der Waals surface area contributed by atoms with E-state index in [9.17, 15) is 0 Å². The molecule has 0 saturated carbocycles. The standard InChI is InChI=1S/C13H16N4/c1-4-11-5-7-12(8-6-11)9-17-15-13(10(2)3)14-16-17/h4-8,10H,1,9H2,2-3H3. The summed E-state index contributed by atoms with van der Waals surface area (Å²) in [5.41, 5.74) is 2.27. The molecular formula is C13H16N4. The van der Waals surface area contributed by atoms with Crippen molar-refractivity contribution in [1.82, 2.24) is 20.2 Å². The van der Waals surface area contributed by atoms with E-state index in [1.54, 1.807) is 4.80 Å². The maximum Gasteiger partial charge on any atom is 0.177 e. The fraction of sp³-hybridized carbons (Fsp3) is 0.308. The number of nitrogens with zero attached hydrogens (tertiary/aromatic N) is 4. The summed E-state index contributed by atoms with van der Waals surface area (Å²) >= 11 is 0. The molecular weight excluding hydrogens is 212 g/mol. The molecule has 2 aromatic rings. The number of hydrogen-bond acceptors (Lipinski definition) is 3. The fourth-order valence-electron chi connectivity index (χ4n) is 1.48. The molecule has 1 heterocycles. The monoisotopic (exact) mass is 228 g/mol. The summed E-state index contributed by atoms with van der Waals surface area (Å²) in [7, 11) is 0. The van der Waals surface area contributed by atoms with Crippen molar-refractivity contribution in [3.05, 3.63) is 47.8 Å². The molecule has 0 aliphatic heterocycles. The van der Waals surface area contributed by atoms with Crippen molar-refractivity contribution < 1.29 is 0 Å². The number of rotatable bonds is 4. The molecule has 0 N–H and O–H groups in total. The molecule has 88 valence electrons. The van der Waals surface area contributed by atoms with Crippen molar-refractivity contribution >= 4 is 6.08 Å². The third-order valence-electron chi connectivity index (χ3n) is 2.52. The van der Waals surface area contributed by atoms with Gasteiger partial charge in [-0.05, 0) is 16.3 Å². The molecule has 1 aromatic heterocycles. The van der Waals surface area contributed by atoms with Crippen LogP contribution in [0.25, 0.3) is 6.08 Å². The Balaban J connectivity index is 2.10. The van der Waals surface area contributed by atoms with E-state index < -0.39 is 0 Å². The van der Waals surface area contributed by atoms with Crippen LogP contribution in [-0.4, -0.2) is 20.2 Å². The van der Waals surface area contributed by atoms with Gasteiger partial charge in [0, 0.05) is 5.92 Å².